The van der Waals surface area contributed by atoms with Crippen molar-refractivity contribution in [2.24, 2.45) is 0 Å². The molecular weight excluding hydrogens is 262 g/mol. The van der Waals surface area contributed by atoms with Crippen LogP contribution in [0.1, 0.15) is 39.2 Å². The summed E-state index contributed by atoms with van der Waals surface area (Å²) in [4.78, 5) is 16.6. The Morgan fingerprint density at radius 3 is 2.43 bits per heavy atom. The zero-order valence-electron chi connectivity index (χ0n) is 13.1. The zero-order chi connectivity index (χ0) is 15.4. The molecule has 1 aromatic carbocycles. The number of ether oxygens (including phenoxy) is 1. The standard InChI is InChI=1S/C18H21NO2/c1-12-5-7-15(8-6-12)17(20)10-9-16-14(3)18(21-4)13(2)11-19-16/h5-8,11H,9-10H2,1-4H3. The molecule has 0 N–H and O–H groups in total. The molecule has 0 bridgehead atoms. The number of nitrogens with zero attached hydrogens (tertiary/aromatic N) is 1. The smallest absolute Gasteiger partial charge is 0.163 e. The SMILES string of the molecule is COc1c(C)cnc(CCC(=O)c2ccc(C)cc2)c1C. The van der Waals surface area contributed by atoms with Crippen LogP contribution in [0.3, 0.4) is 0 Å². The lowest BCUT2D eigenvalue weighted by Gasteiger charge is -2.12. The summed E-state index contributed by atoms with van der Waals surface area (Å²) in [6.45, 7) is 5.98. The van der Waals surface area contributed by atoms with Crippen LogP contribution < -0.4 is 4.74 Å². The lowest BCUT2D eigenvalue weighted by molar-refractivity contribution is 0.0982. The van der Waals surface area contributed by atoms with Crippen LogP contribution in [-0.4, -0.2) is 17.9 Å². The molecule has 0 spiro atoms. The molecule has 0 unspecified atom stereocenters. The number of aromatic nitrogens is 1. The van der Waals surface area contributed by atoms with Crippen LogP contribution in [0.2, 0.25) is 0 Å². The molecule has 0 fully saturated rings. The maximum absolute atomic E-state index is 12.2. The Labute approximate surface area is 126 Å². The number of ketones is 1. The van der Waals surface area contributed by atoms with E-state index in [2.05, 4.69) is 4.98 Å². The highest BCUT2D eigenvalue weighted by atomic mass is 16.5. The van der Waals surface area contributed by atoms with Gasteiger partial charge in [-0.1, -0.05) is 29.8 Å². The molecule has 3 nitrogen and oxygen atoms in total. The topological polar surface area (TPSA) is 39.2 Å². The highest BCUT2D eigenvalue weighted by Gasteiger charge is 2.12. The van der Waals surface area contributed by atoms with Crippen LogP contribution in [0.4, 0.5) is 0 Å². The van der Waals surface area contributed by atoms with Gasteiger partial charge in [-0.2, -0.15) is 0 Å². The molecule has 0 aliphatic rings. The molecule has 0 saturated carbocycles. The van der Waals surface area contributed by atoms with Crippen LogP contribution in [0.15, 0.2) is 30.5 Å². The van der Waals surface area contributed by atoms with Crippen LogP contribution >= 0.6 is 0 Å². The Hall–Kier alpha value is -2.16. The minimum Gasteiger partial charge on any atom is -0.496 e. The fraction of sp³-hybridized carbons (Fsp3) is 0.333. The number of benzene rings is 1. The van der Waals surface area contributed by atoms with E-state index < -0.39 is 0 Å². The van der Waals surface area contributed by atoms with E-state index >= 15 is 0 Å². The molecule has 110 valence electrons. The van der Waals surface area contributed by atoms with Gasteiger partial charge in [-0.15, -0.1) is 0 Å². The monoisotopic (exact) mass is 283 g/mol. The van der Waals surface area contributed by atoms with Crippen LogP contribution in [0, 0.1) is 20.8 Å². The van der Waals surface area contributed by atoms with Gasteiger partial charge in [0.1, 0.15) is 5.75 Å². The maximum atomic E-state index is 12.2. The predicted molar refractivity (Wildman–Crippen MR) is 84.1 cm³/mol. The molecule has 2 aromatic rings. The van der Waals surface area contributed by atoms with Crippen molar-refractivity contribution in [3.05, 3.63) is 58.4 Å². The Bertz CT molecular complexity index is 645. The van der Waals surface area contributed by atoms with Crippen molar-refractivity contribution >= 4 is 5.78 Å². The van der Waals surface area contributed by atoms with Gasteiger partial charge in [0.05, 0.1) is 7.11 Å². The second-order valence-corrected chi connectivity index (χ2v) is 5.34. The second kappa shape index (κ2) is 6.53. The van der Waals surface area contributed by atoms with Gasteiger partial charge in [-0.3, -0.25) is 9.78 Å². The van der Waals surface area contributed by atoms with Crippen molar-refractivity contribution in [3.63, 3.8) is 0 Å². The molecule has 0 radical (unpaired) electrons. The summed E-state index contributed by atoms with van der Waals surface area (Å²) < 4.78 is 5.40. The summed E-state index contributed by atoms with van der Waals surface area (Å²) in [5.74, 6) is 1.01. The van der Waals surface area contributed by atoms with Crippen molar-refractivity contribution in [1.82, 2.24) is 4.98 Å². The summed E-state index contributed by atoms with van der Waals surface area (Å²) in [6, 6.07) is 7.69. The first-order valence-corrected chi connectivity index (χ1v) is 7.12. The number of hydrogen-bond acceptors (Lipinski definition) is 3. The van der Waals surface area contributed by atoms with Gasteiger partial charge in [-0.05, 0) is 27.2 Å². The van der Waals surface area contributed by atoms with Gasteiger partial charge in [0, 0.05) is 35.0 Å². The Kier molecular flexibility index (Phi) is 4.73. The van der Waals surface area contributed by atoms with Gasteiger partial charge in [0.15, 0.2) is 5.78 Å². The van der Waals surface area contributed by atoms with E-state index in [1.165, 1.54) is 0 Å². The van der Waals surface area contributed by atoms with Crippen molar-refractivity contribution < 1.29 is 9.53 Å². The quantitative estimate of drug-likeness (QED) is 0.783. The molecule has 2 rings (SSSR count). The first kappa shape index (κ1) is 15.2. The molecule has 0 aliphatic carbocycles. The molecule has 0 saturated heterocycles. The van der Waals surface area contributed by atoms with Crippen molar-refractivity contribution in [3.8, 4) is 5.75 Å². The summed E-state index contributed by atoms with van der Waals surface area (Å²) in [7, 11) is 1.66. The van der Waals surface area contributed by atoms with Gasteiger partial charge in [0.25, 0.3) is 0 Å². The van der Waals surface area contributed by atoms with E-state index in [1.54, 1.807) is 13.3 Å². The average molecular weight is 283 g/mol. The number of hydrogen-bond donors (Lipinski definition) is 0. The largest absolute Gasteiger partial charge is 0.496 e. The van der Waals surface area contributed by atoms with Gasteiger partial charge in [0.2, 0.25) is 0 Å². The fourth-order valence-electron chi connectivity index (χ4n) is 2.44. The number of rotatable bonds is 5. The summed E-state index contributed by atoms with van der Waals surface area (Å²) in [6.07, 6.45) is 2.90. The van der Waals surface area contributed by atoms with Crippen molar-refractivity contribution in [2.75, 3.05) is 7.11 Å². The minimum absolute atomic E-state index is 0.149. The number of methoxy groups -OCH3 is 1. The van der Waals surface area contributed by atoms with Gasteiger partial charge >= 0.3 is 0 Å². The third-order valence-corrected chi connectivity index (χ3v) is 3.71. The number of Topliss-reactive ketones (excluding diaryl/α,β-unsaturated/α-hetero) is 1. The normalized spacial score (nSPS) is 10.5. The number of aryl methyl sites for hydroxylation is 3. The van der Waals surface area contributed by atoms with E-state index in [0.29, 0.717) is 12.8 Å². The van der Waals surface area contributed by atoms with E-state index in [-0.39, 0.29) is 5.78 Å². The molecule has 0 atom stereocenters. The number of pyridine rings is 1. The summed E-state index contributed by atoms with van der Waals surface area (Å²) in [5.41, 5.74) is 4.89. The van der Waals surface area contributed by atoms with E-state index in [4.69, 9.17) is 4.74 Å². The highest BCUT2D eigenvalue weighted by molar-refractivity contribution is 5.96. The average Bonchev–Trinajstić information content (AvgIpc) is 2.47. The molecule has 3 heteroatoms. The highest BCUT2D eigenvalue weighted by Crippen LogP contribution is 2.24. The lowest BCUT2D eigenvalue weighted by Crippen LogP contribution is -2.05. The molecule has 1 heterocycles. The van der Waals surface area contributed by atoms with Crippen LogP contribution in [0.25, 0.3) is 0 Å². The Morgan fingerprint density at radius 2 is 1.81 bits per heavy atom. The molecule has 1 aromatic heterocycles. The molecular formula is C18H21NO2. The fourth-order valence-corrected chi connectivity index (χ4v) is 2.44. The number of carbonyl (C=O) groups is 1. The van der Waals surface area contributed by atoms with Crippen LogP contribution in [0.5, 0.6) is 5.75 Å². The minimum atomic E-state index is 0.149. The number of carbonyl (C=O) groups excluding carboxylic acids is 1. The molecule has 0 aliphatic heterocycles. The van der Waals surface area contributed by atoms with E-state index in [9.17, 15) is 4.79 Å². The van der Waals surface area contributed by atoms with Crippen LogP contribution in [-0.2, 0) is 6.42 Å². The first-order valence-electron chi connectivity index (χ1n) is 7.12. The Balaban J connectivity index is 2.10. The third kappa shape index (κ3) is 3.48. The maximum Gasteiger partial charge on any atom is 0.163 e. The van der Waals surface area contributed by atoms with Crippen molar-refractivity contribution in [1.29, 1.82) is 0 Å². The Morgan fingerprint density at radius 1 is 1.14 bits per heavy atom. The van der Waals surface area contributed by atoms with Gasteiger partial charge in [-0.25, -0.2) is 0 Å². The summed E-state index contributed by atoms with van der Waals surface area (Å²) >= 11 is 0. The molecule has 0 amide bonds. The predicted octanol–water partition coefficient (Wildman–Crippen LogP) is 3.83. The summed E-state index contributed by atoms with van der Waals surface area (Å²) in [5, 5.41) is 0. The second-order valence-electron chi connectivity index (χ2n) is 5.34. The van der Waals surface area contributed by atoms with E-state index in [0.717, 1.165) is 33.7 Å². The van der Waals surface area contributed by atoms with E-state index in [1.807, 2.05) is 45.0 Å². The van der Waals surface area contributed by atoms with Crippen molar-refractivity contribution in [2.45, 2.75) is 33.6 Å². The van der Waals surface area contributed by atoms with Gasteiger partial charge < -0.3 is 4.74 Å². The first-order chi connectivity index (χ1) is 10.0. The lowest BCUT2D eigenvalue weighted by atomic mass is 10.0. The zero-order valence-corrected chi connectivity index (χ0v) is 13.1. The third-order valence-electron chi connectivity index (χ3n) is 3.71. The molecule has 21 heavy (non-hydrogen) atoms.